The maximum absolute atomic E-state index is 13.4. The molecule has 4 atom stereocenters. The zero-order valence-corrected chi connectivity index (χ0v) is 17.0. The number of aryl methyl sites for hydroxylation is 1. The van der Waals surface area contributed by atoms with Crippen molar-refractivity contribution < 1.29 is 23.6 Å². The fourth-order valence-electron chi connectivity index (χ4n) is 4.86. The van der Waals surface area contributed by atoms with Gasteiger partial charge in [-0.3, -0.25) is 19.2 Å². The third-order valence-electron chi connectivity index (χ3n) is 6.37. The Bertz CT molecular complexity index is 1040. The molecule has 0 saturated carbocycles. The van der Waals surface area contributed by atoms with E-state index in [4.69, 9.17) is 4.42 Å². The Labute approximate surface area is 178 Å². The molecule has 0 spiro atoms. The van der Waals surface area contributed by atoms with Crippen LogP contribution in [0.5, 0.6) is 0 Å². The predicted octanol–water partition coefficient (Wildman–Crippen LogP) is -0.269. The molecule has 0 aliphatic carbocycles. The number of carbonyl (C=O) groups is 4. The fraction of sp³-hybridized carbons (Fsp3) is 0.429. The summed E-state index contributed by atoms with van der Waals surface area (Å²) in [7, 11) is 1.78. The molecule has 4 amide bonds. The van der Waals surface area contributed by atoms with Crippen LogP contribution in [-0.2, 0) is 16.6 Å². The highest BCUT2D eigenvalue weighted by atomic mass is 16.3. The number of carbonyl (C=O) groups excluding carboxylic acids is 4. The zero-order valence-electron chi connectivity index (χ0n) is 17.0. The summed E-state index contributed by atoms with van der Waals surface area (Å²) in [6.07, 6.45) is 4.02. The van der Waals surface area contributed by atoms with Crippen molar-refractivity contribution >= 4 is 23.6 Å². The van der Waals surface area contributed by atoms with Crippen LogP contribution in [0.1, 0.15) is 33.9 Å². The largest absolute Gasteiger partial charge is 0.459 e. The summed E-state index contributed by atoms with van der Waals surface area (Å²) in [4.78, 5) is 54.7. The quantitative estimate of drug-likeness (QED) is 0.702. The van der Waals surface area contributed by atoms with Crippen LogP contribution in [0.15, 0.2) is 41.1 Å². The molecule has 31 heavy (non-hydrogen) atoms. The first-order valence-corrected chi connectivity index (χ1v) is 10.3. The summed E-state index contributed by atoms with van der Waals surface area (Å²) < 4.78 is 6.92. The van der Waals surface area contributed by atoms with E-state index in [0.29, 0.717) is 25.1 Å². The molecule has 3 aliphatic heterocycles. The number of nitrogens with zero attached hydrogens (tertiary/aromatic N) is 3. The van der Waals surface area contributed by atoms with Gasteiger partial charge in [-0.15, -0.1) is 0 Å². The van der Waals surface area contributed by atoms with E-state index in [1.54, 1.807) is 42.1 Å². The molecule has 0 bridgehead atoms. The Morgan fingerprint density at radius 2 is 2.06 bits per heavy atom. The van der Waals surface area contributed by atoms with Gasteiger partial charge in [0.05, 0.1) is 12.3 Å². The fourth-order valence-corrected chi connectivity index (χ4v) is 4.86. The minimum atomic E-state index is -0.783. The standard InChI is InChI=1S/C21H23N5O5/c1-24-7-2-4-14(24)18(27)22-12-10-15-19(28)23-13-6-8-25(17(13)21(30)26(15)11-12)20(29)16-5-3-9-31-16/h2-5,7,9,12-13,15,17H,6,8,10-11H2,1H3,(H,22,27)(H,23,28). The molecular formula is C21H23N5O5. The van der Waals surface area contributed by atoms with E-state index in [-0.39, 0.29) is 42.0 Å². The third kappa shape index (κ3) is 3.18. The van der Waals surface area contributed by atoms with Gasteiger partial charge < -0.3 is 29.4 Å². The Kier molecular flexibility index (Phi) is 4.57. The molecule has 0 radical (unpaired) electrons. The van der Waals surface area contributed by atoms with Gasteiger partial charge in [-0.05, 0) is 37.1 Å². The van der Waals surface area contributed by atoms with Crippen LogP contribution >= 0.6 is 0 Å². The molecule has 5 heterocycles. The minimum absolute atomic E-state index is 0.162. The van der Waals surface area contributed by atoms with Crippen LogP contribution in [0.3, 0.4) is 0 Å². The molecule has 3 fully saturated rings. The normalized spacial score (nSPS) is 27.5. The van der Waals surface area contributed by atoms with E-state index in [1.807, 2.05) is 0 Å². The maximum atomic E-state index is 13.4. The molecule has 4 unspecified atom stereocenters. The van der Waals surface area contributed by atoms with Crippen molar-refractivity contribution in [3.63, 3.8) is 0 Å². The van der Waals surface area contributed by atoms with Crippen LogP contribution in [0.25, 0.3) is 0 Å². The molecule has 0 aromatic carbocycles. The van der Waals surface area contributed by atoms with Crippen molar-refractivity contribution in [3.05, 3.63) is 48.2 Å². The number of likely N-dealkylation sites (tertiary alicyclic amines) is 1. The summed E-state index contributed by atoms with van der Waals surface area (Å²) in [5.74, 6) is -0.984. The lowest BCUT2D eigenvalue weighted by molar-refractivity contribution is -0.138. The second-order valence-electron chi connectivity index (χ2n) is 8.24. The Hall–Kier alpha value is -3.56. The second kappa shape index (κ2) is 7.29. The van der Waals surface area contributed by atoms with Crippen molar-refractivity contribution in [2.75, 3.05) is 13.1 Å². The molecular weight excluding hydrogens is 402 g/mol. The minimum Gasteiger partial charge on any atom is -0.459 e. The van der Waals surface area contributed by atoms with E-state index >= 15 is 0 Å². The number of nitrogens with one attached hydrogen (secondary N) is 2. The van der Waals surface area contributed by atoms with Crippen molar-refractivity contribution in [3.8, 4) is 0 Å². The highest BCUT2D eigenvalue weighted by Crippen LogP contribution is 2.30. The Balaban J connectivity index is 1.35. The van der Waals surface area contributed by atoms with Gasteiger partial charge in [0.2, 0.25) is 11.8 Å². The number of hydrogen-bond donors (Lipinski definition) is 2. The lowest BCUT2D eigenvalue weighted by Crippen LogP contribution is -2.52. The molecule has 162 valence electrons. The van der Waals surface area contributed by atoms with Crippen LogP contribution < -0.4 is 10.6 Å². The summed E-state index contributed by atoms with van der Waals surface area (Å²) in [6.45, 7) is 0.576. The molecule has 5 rings (SSSR count). The number of hydrogen-bond acceptors (Lipinski definition) is 5. The van der Waals surface area contributed by atoms with Crippen LogP contribution in [0.2, 0.25) is 0 Å². The lowest BCUT2D eigenvalue weighted by atomic mass is 10.1. The molecule has 10 heteroatoms. The zero-order chi connectivity index (χ0) is 21.7. The average Bonchev–Trinajstić information content (AvgIpc) is 3.52. The van der Waals surface area contributed by atoms with Crippen molar-refractivity contribution in [1.29, 1.82) is 0 Å². The number of fused-ring (bicyclic) bond motifs is 2. The average molecular weight is 425 g/mol. The second-order valence-corrected chi connectivity index (χ2v) is 8.24. The van der Waals surface area contributed by atoms with Crippen molar-refractivity contribution in [2.24, 2.45) is 7.05 Å². The van der Waals surface area contributed by atoms with E-state index in [2.05, 4.69) is 10.6 Å². The summed E-state index contributed by atoms with van der Waals surface area (Å²) in [6, 6.07) is 4.43. The first-order valence-electron chi connectivity index (χ1n) is 10.3. The topological polar surface area (TPSA) is 117 Å². The Morgan fingerprint density at radius 3 is 2.77 bits per heavy atom. The highest BCUT2D eigenvalue weighted by Gasteiger charge is 2.52. The highest BCUT2D eigenvalue weighted by molar-refractivity contribution is 6.00. The van der Waals surface area contributed by atoms with Crippen LogP contribution in [-0.4, -0.2) is 75.3 Å². The number of furan rings is 1. The first kappa shape index (κ1) is 19.4. The molecule has 2 N–H and O–H groups in total. The molecule has 3 saturated heterocycles. The van der Waals surface area contributed by atoms with Crippen LogP contribution in [0, 0.1) is 0 Å². The number of amides is 4. The van der Waals surface area contributed by atoms with Crippen molar-refractivity contribution in [1.82, 2.24) is 25.0 Å². The van der Waals surface area contributed by atoms with Crippen molar-refractivity contribution in [2.45, 2.75) is 37.0 Å². The van der Waals surface area contributed by atoms with E-state index < -0.39 is 18.1 Å². The Morgan fingerprint density at radius 1 is 1.23 bits per heavy atom. The third-order valence-corrected chi connectivity index (χ3v) is 6.37. The van der Waals surface area contributed by atoms with Gasteiger partial charge in [-0.1, -0.05) is 0 Å². The summed E-state index contributed by atoms with van der Waals surface area (Å²) in [5.41, 5.74) is 0.504. The monoisotopic (exact) mass is 425 g/mol. The van der Waals surface area contributed by atoms with Gasteiger partial charge in [0.25, 0.3) is 11.8 Å². The lowest BCUT2D eigenvalue weighted by Gasteiger charge is -2.28. The number of aromatic nitrogens is 1. The SMILES string of the molecule is Cn1cccc1C(=O)NC1CC2C(=O)NC3CCN(C(=O)c4ccco4)C3C(=O)N2C1. The van der Waals surface area contributed by atoms with Crippen LogP contribution in [0.4, 0.5) is 0 Å². The van der Waals surface area contributed by atoms with E-state index in [1.165, 1.54) is 16.1 Å². The predicted molar refractivity (Wildman–Crippen MR) is 107 cm³/mol. The molecule has 10 nitrogen and oxygen atoms in total. The summed E-state index contributed by atoms with van der Waals surface area (Å²) >= 11 is 0. The van der Waals surface area contributed by atoms with E-state index in [0.717, 1.165) is 0 Å². The van der Waals surface area contributed by atoms with Gasteiger partial charge in [-0.25, -0.2) is 0 Å². The van der Waals surface area contributed by atoms with Gasteiger partial charge >= 0.3 is 0 Å². The van der Waals surface area contributed by atoms with Gasteiger partial charge in [0.1, 0.15) is 17.8 Å². The van der Waals surface area contributed by atoms with Gasteiger partial charge in [0, 0.05) is 32.4 Å². The smallest absolute Gasteiger partial charge is 0.290 e. The molecule has 3 aliphatic rings. The molecule has 2 aromatic heterocycles. The van der Waals surface area contributed by atoms with Gasteiger partial charge in [0.15, 0.2) is 5.76 Å². The maximum Gasteiger partial charge on any atom is 0.290 e. The summed E-state index contributed by atoms with van der Waals surface area (Å²) in [5, 5.41) is 5.87. The first-order chi connectivity index (χ1) is 14.9. The van der Waals surface area contributed by atoms with Gasteiger partial charge in [-0.2, -0.15) is 0 Å². The molecule has 2 aromatic rings. The van der Waals surface area contributed by atoms with E-state index in [9.17, 15) is 19.2 Å². The number of rotatable bonds is 3.